The number of aromatic nitrogens is 2. The molecule has 0 radical (unpaired) electrons. The van der Waals surface area contributed by atoms with E-state index in [9.17, 15) is 9.59 Å². The summed E-state index contributed by atoms with van der Waals surface area (Å²) in [4.78, 5) is 31.7. The first kappa shape index (κ1) is 17.4. The van der Waals surface area contributed by atoms with E-state index < -0.39 is 0 Å². The molecule has 7 nitrogen and oxygen atoms in total. The van der Waals surface area contributed by atoms with Crippen molar-refractivity contribution in [3.05, 3.63) is 41.9 Å². The van der Waals surface area contributed by atoms with Crippen LogP contribution in [0.4, 0.5) is 17.2 Å². The molecule has 0 bridgehead atoms. The molecule has 2 amide bonds. The van der Waals surface area contributed by atoms with Crippen molar-refractivity contribution in [2.24, 2.45) is 0 Å². The molecule has 0 saturated carbocycles. The molecule has 126 valence electrons. The minimum absolute atomic E-state index is 0.0264. The Morgan fingerprint density at radius 2 is 1.79 bits per heavy atom. The maximum Gasteiger partial charge on any atom is 0.270 e. The van der Waals surface area contributed by atoms with Gasteiger partial charge in [-0.1, -0.05) is 6.07 Å². The SMILES string of the molecule is CC(=O)Nc1cccc(Nc2cc(C(=O)NC(C)C)nc(C)n2)c1. The lowest BCUT2D eigenvalue weighted by molar-refractivity contribution is -0.114. The summed E-state index contributed by atoms with van der Waals surface area (Å²) in [6.07, 6.45) is 0. The smallest absolute Gasteiger partial charge is 0.270 e. The molecular formula is C17H21N5O2. The van der Waals surface area contributed by atoms with E-state index >= 15 is 0 Å². The van der Waals surface area contributed by atoms with Crippen LogP contribution in [-0.4, -0.2) is 27.8 Å². The summed E-state index contributed by atoms with van der Waals surface area (Å²) in [6.45, 7) is 6.95. The molecule has 0 saturated heterocycles. The molecule has 0 aliphatic rings. The van der Waals surface area contributed by atoms with Gasteiger partial charge in [-0.05, 0) is 39.0 Å². The Balaban J connectivity index is 2.22. The molecule has 0 atom stereocenters. The number of aryl methyl sites for hydroxylation is 1. The van der Waals surface area contributed by atoms with Crippen molar-refractivity contribution in [2.45, 2.75) is 33.7 Å². The number of benzene rings is 1. The van der Waals surface area contributed by atoms with Crippen LogP contribution in [0.3, 0.4) is 0 Å². The van der Waals surface area contributed by atoms with Gasteiger partial charge in [0.05, 0.1) is 0 Å². The maximum atomic E-state index is 12.1. The van der Waals surface area contributed by atoms with Crippen molar-refractivity contribution in [2.75, 3.05) is 10.6 Å². The first-order valence-corrected chi connectivity index (χ1v) is 7.64. The topological polar surface area (TPSA) is 96.0 Å². The summed E-state index contributed by atoms with van der Waals surface area (Å²) in [5, 5.41) is 8.65. The third-order valence-corrected chi connectivity index (χ3v) is 2.95. The van der Waals surface area contributed by atoms with Crippen LogP contribution in [0, 0.1) is 6.92 Å². The molecule has 0 fully saturated rings. The Hall–Kier alpha value is -2.96. The summed E-state index contributed by atoms with van der Waals surface area (Å²) in [5.41, 5.74) is 1.72. The van der Waals surface area contributed by atoms with Crippen molar-refractivity contribution in [1.29, 1.82) is 0 Å². The zero-order valence-corrected chi connectivity index (χ0v) is 14.2. The monoisotopic (exact) mass is 327 g/mol. The van der Waals surface area contributed by atoms with Gasteiger partial charge < -0.3 is 16.0 Å². The number of nitrogens with one attached hydrogen (secondary N) is 3. The number of hydrogen-bond donors (Lipinski definition) is 3. The molecule has 1 aromatic carbocycles. The first-order chi connectivity index (χ1) is 11.3. The van der Waals surface area contributed by atoms with Gasteiger partial charge in [0, 0.05) is 30.4 Å². The molecule has 0 spiro atoms. The minimum atomic E-state index is -0.245. The average molecular weight is 327 g/mol. The van der Waals surface area contributed by atoms with Crippen LogP contribution in [-0.2, 0) is 4.79 Å². The first-order valence-electron chi connectivity index (χ1n) is 7.64. The van der Waals surface area contributed by atoms with Crippen molar-refractivity contribution in [3.8, 4) is 0 Å². The quantitative estimate of drug-likeness (QED) is 0.784. The van der Waals surface area contributed by atoms with E-state index in [0.29, 0.717) is 23.0 Å². The van der Waals surface area contributed by atoms with Crippen molar-refractivity contribution in [3.63, 3.8) is 0 Å². The normalized spacial score (nSPS) is 10.4. The number of carbonyl (C=O) groups excluding carboxylic acids is 2. The Bertz CT molecular complexity index is 758. The standard InChI is InChI=1S/C17H21N5O2/c1-10(2)18-17(24)15-9-16(20-11(3)19-15)22-14-7-5-6-13(8-14)21-12(4)23/h5-10H,1-4H3,(H,18,24)(H,21,23)(H,19,20,22). The molecule has 0 aliphatic heterocycles. The largest absolute Gasteiger partial charge is 0.349 e. The van der Waals surface area contributed by atoms with Crippen LogP contribution in [0.15, 0.2) is 30.3 Å². The van der Waals surface area contributed by atoms with E-state index in [0.717, 1.165) is 5.69 Å². The number of amides is 2. The third-order valence-electron chi connectivity index (χ3n) is 2.95. The number of nitrogens with zero attached hydrogens (tertiary/aromatic N) is 2. The summed E-state index contributed by atoms with van der Waals surface area (Å²) in [5.74, 6) is 0.617. The lowest BCUT2D eigenvalue weighted by Gasteiger charge is -2.11. The van der Waals surface area contributed by atoms with Gasteiger partial charge >= 0.3 is 0 Å². The van der Waals surface area contributed by atoms with Crippen LogP contribution in [0.1, 0.15) is 37.1 Å². The second-order valence-electron chi connectivity index (χ2n) is 5.70. The predicted octanol–water partition coefficient (Wildman–Crippen LogP) is 2.63. The van der Waals surface area contributed by atoms with E-state index in [1.54, 1.807) is 25.1 Å². The lowest BCUT2D eigenvalue weighted by Crippen LogP contribution is -2.31. The number of hydrogen-bond acceptors (Lipinski definition) is 5. The van der Waals surface area contributed by atoms with Crippen LogP contribution >= 0.6 is 0 Å². The van der Waals surface area contributed by atoms with Gasteiger partial charge in [-0.25, -0.2) is 9.97 Å². The molecule has 1 heterocycles. The van der Waals surface area contributed by atoms with Crippen molar-refractivity contribution >= 4 is 29.0 Å². The highest BCUT2D eigenvalue weighted by Gasteiger charge is 2.11. The van der Waals surface area contributed by atoms with Crippen LogP contribution < -0.4 is 16.0 Å². The molecule has 2 aromatic rings. The highest BCUT2D eigenvalue weighted by molar-refractivity contribution is 5.93. The number of anilines is 3. The Morgan fingerprint density at radius 1 is 1.08 bits per heavy atom. The Kier molecular flexibility index (Phi) is 5.47. The second-order valence-corrected chi connectivity index (χ2v) is 5.70. The molecule has 3 N–H and O–H groups in total. The van der Waals surface area contributed by atoms with Crippen molar-refractivity contribution < 1.29 is 9.59 Å². The molecule has 7 heteroatoms. The van der Waals surface area contributed by atoms with Crippen LogP contribution in [0.2, 0.25) is 0 Å². The summed E-state index contributed by atoms with van der Waals surface area (Å²) in [7, 11) is 0. The summed E-state index contributed by atoms with van der Waals surface area (Å²) >= 11 is 0. The fraction of sp³-hybridized carbons (Fsp3) is 0.294. The van der Waals surface area contributed by atoms with Crippen molar-refractivity contribution in [1.82, 2.24) is 15.3 Å². The van der Waals surface area contributed by atoms with Gasteiger partial charge in [-0.2, -0.15) is 0 Å². The van der Waals surface area contributed by atoms with Gasteiger partial charge in [0.15, 0.2) is 0 Å². The van der Waals surface area contributed by atoms with Gasteiger partial charge in [-0.3, -0.25) is 9.59 Å². The van der Waals surface area contributed by atoms with Gasteiger partial charge in [0.2, 0.25) is 5.91 Å². The lowest BCUT2D eigenvalue weighted by atomic mass is 10.2. The molecular weight excluding hydrogens is 306 g/mol. The van der Waals surface area contributed by atoms with E-state index in [1.807, 2.05) is 26.0 Å². The molecule has 24 heavy (non-hydrogen) atoms. The maximum absolute atomic E-state index is 12.1. The van der Waals surface area contributed by atoms with Crippen LogP contribution in [0.25, 0.3) is 0 Å². The Labute approximate surface area is 140 Å². The average Bonchev–Trinajstić information content (AvgIpc) is 2.45. The second kappa shape index (κ2) is 7.54. The zero-order valence-electron chi connectivity index (χ0n) is 14.2. The van der Waals surface area contributed by atoms with E-state index in [4.69, 9.17) is 0 Å². The predicted molar refractivity (Wildman–Crippen MR) is 93.4 cm³/mol. The van der Waals surface area contributed by atoms with E-state index in [-0.39, 0.29) is 17.9 Å². The minimum Gasteiger partial charge on any atom is -0.349 e. The zero-order chi connectivity index (χ0) is 17.7. The van der Waals surface area contributed by atoms with Crippen LogP contribution in [0.5, 0.6) is 0 Å². The molecule has 2 rings (SSSR count). The number of rotatable bonds is 5. The fourth-order valence-electron chi connectivity index (χ4n) is 2.11. The Morgan fingerprint density at radius 3 is 2.46 bits per heavy atom. The molecule has 0 unspecified atom stereocenters. The fourth-order valence-corrected chi connectivity index (χ4v) is 2.11. The van der Waals surface area contributed by atoms with Gasteiger partial charge in [0.1, 0.15) is 17.3 Å². The molecule has 1 aromatic heterocycles. The summed E-state index contributed by atoms with van der Waals surface area (Å²) < 4.78 is 0. The highest BCUT2D eigenvalue weighted by atomic mass is 16.2. The number of carbonyl (C=O) groups is 2. The third kappa shape index (κ3) is 5.05. The van der Waals surface area contributed by atoms with Gasteiger partial charge in [0.25, 0.3) is 5.91 Å². The highest BCUT2D eigenvalue weighted by Crippen LogP contribution is 2.19. The van der Waals surface area contributed by atoms with Gasteiger partial charge in [-0.15, -0.1) is 0 Å². The van der Waals surface area contributed by atoms with E-state index in [1.165, 1.54) is 6.92 Å². The summed E-state index contributed by atoms with van der Waals surface area (Å²) in [6, 6.07) is 8.85. The van der Waals surface area contributed by atoms with E-state index in [2.05, 4.69) is 25.9 Å². The molecule has 0 aliphatic carbocycles.